The standard InChI is InChI=1S/C16H26O6S2.Na.H/c1-2-3-4-5-6-13(22-24(17)18)7-8-19-9-14-10-20-15-11-23-12-16(15)21-14;;/h11-14H,2-10H2,1H3,(H,17,18);;/q;+1;-1/p-1. The van der Waals surface area contributed by atoms with E-state index >= 15 is 0 Å². The fraction of sp³-hybridized carbons (Fsp3) is 0.750. The van der Waals surface area contributed by atoms with Crippen LogP contribution in [0.1, 0.15) is 46.9 Å². The Kier molecular flexibility index (Phi) is 12.6. The van der Waals surface area contributed by atoms with Gasteiger partial charge in [-0.15, -0.1) is 11.3 Å². The Morgan fingerprint density at radius 2 is 2.16 bits per heavy atom. The van der Waals surface area contributed by atoms with Gasteiger partial charge in [0.15, 0.2) is 17.6 Å². The smallest absolute Gasteiger partial charge is 1.00 e. The molecule has 6 nitrogen and oxygen atoms in total. The third kappa shape index (κ3) is 9.19. The molecule has 2 rings (SSSR count). The molecule has 0 aliphatic carbocycles. The molecule has 1 aliphatic heterocycles. The predicted octanol–water partition coefficient (Wildman–Crippen LogP) is 0.561. The van der Waals surface area contributed by atoms with Crippen LogP contribution in [0.2, 0.25) is 0 Å². The fourth-order valence-electron chi connectivity index (χ4n) is 2.52. The molecule has 25 heavy (non-hydrogen) atoms. The van der Waals surface area contributed by atoms with Crippen molar-refractivity contribution in [2.45, 2.75) is 57.7 Å². The van der Waals surface area contributed by atoms with Crippen molar-refractivity contribution in [3.8, 4) is 11.5 Å². The van der Waals surface area contributed by atoms with Crippen molar-refractivity contribution in [2.75, 3.05) is 19.8 Å². The molecule has 1 aromatic heterocycles. The first-order valence-electron chi connectivity index (χ1n) is 8.38. The van der Waals surface area contributed by atoms with E-state index < -0.39 is 11.4 Å². The minimum atomic E-state index is -2.48. The molecule has 0 fully saturated rings. The Labute approximate surface area is 179 Å². The normalized spacial score (nSPS) is 18.4. The van der Waals surface area contributed by atoms with Crippen LogP contribution in [-0.4, -0.2) is 40.8 Å². The summed E-state index contributed by atoms with van der Waals surface area (Å²) in [5, 5.41) is 3.82. The molecule has 0 spiro atoms. The Morgan fingerprint density at radius 3 is 2.92 bits per heavy atom. The summed E-state index contributed by atoms with van der Waals surface area (Å²) in [6.07, 6.45) is 5.22. The minimum absolute atomic E-state index is 0. The van der Waals surface area contributed by atoms with Gasteiger partial charge in [-0.25, -0.2) is 4.21 Å². The van der Waals surface area contributed by atoms with Gasteiger partial charge >= 0.3 is 29.6 Å². The third-order valence-corrected chi connectivity index (χ3v) is 4.92. The van der Waals surface area contributed by atoms with Crippen LogP contribution >= 0.6 is 11.3 Å². The summed E-state index contributed by atoms with van der Waals surface area (Å²) in [4.78, 5) is 0. The van der Waals surface area contributed by atoms with E-state index in [0.717, 1.165) is 43.6 Å². The van der Waals surface area contributed by atoms with Crippen LogP contribution in [0, 0.1) is 0 Å². The molecule has 0 bridgehead atoms. The van der Waals surface area contributed by atoms with E-state index in [1.165, 1.54) is 0 Å². The number of thiophene rings is 1. The minimum Gasteiger partial charge on any atom is -1.00 e. The van der Waals surface area contributed by atoms with Crippen molar-refractivity contribution in [1.29, 1.82) is 0 Å². The number of ether oxygens (including phenoxy) is 3. The van der Waals surface area contributed by atoms with Gasteiger partial charge in [0, 0.05) is 17.4 Å². The molecule has 3 unspecified atom stereocenters. The van der Waals surface area contributed by atoms with E-state index in [4.69, 9.17) is 18.4 Å². The second-order valence-corrected chi connectivity index (χ2v) is 7.13. The number of hydrogen-bond acceptors (Lipinski definition) is 7. The van der Waals surface area contributed by atoms with Gasteiger partial charge in [-0.2, -0.15) is 0 Å². The molecule has 1 aromatic rings. The van der Waals surface area contributed by atoms with Crippen molar-refractivity contribution >= 4 is 22.7 Å². The van der Waals surface area contributed by atoms with Gasteiger partial charge in [-0.1, -0.05) is 32.6 Å². The van der Waals surface area contributed by atoms with Crippen molar-refractivity contribution in [1.82, 2.24) is 0 Å². The molecule has 9 heteroatoms. The Bertz CT molecular complexity index is 505. The molecule has 2 heterocycles. The van der Waals surface area contributed by atoms with Crippen molar-refractivity contribution in [2.24, 2.45) is 0 Å². The Balaban J connectivity index is 0.00000312. The molecule has 3 atom stereocenters. The van der Waals surface area contributed by atoms with E-state index in [1.54, 1.807) is 11.3 Å². The number of rotatable bonds is 12. The molecule has 0 amide bonds. The largest absolute Gasteiger partial charge is 1.00 e. The van der Waals surface area contributed by atoms with Gasteiger partial charge in [-0.05, 0) is 12.8 Å². The number of unbranched alkanes of at least 4 members (excludes halogenated alkanes) is 3. The van der Waals surface area contributed by atoms with Gasteiger partial charge in [0.05, 0.1) is 24.1 Å². The molecule has 0 N–H and O–H groups in total. The number of fused-ring (bicyclic) bond motifs is 1. The predicted molar refractivity (Wildman–Crippen MR) is 93.3 cm³/mol. The first kappa shape index (κ1) is 23.4. The van der Waals surface area contributed by atoms with Crippen LogP contribution in [0.5, 0.6) is 11.5 Å². The van der Waals surface area contributed by atoms with Crippen LogP contribution in [0.3, 0.4) is 0 Å². The van der Waals surface area contributed by atoms with Gasteiger partial charge in [0.2, 0.25) is 0 Å². The van der Waals surface area contributed by atoms with Gasteiger partial charge < -0.3 is 20.2 Å². The van der Waals surface area contributed by atoms with Crippen molar-refractivity contribution in [3.05, 3.63) is 10.8 Å². The Hall–Kier alpha value is 0.330. The van der Waals surface area contributed by atoms with Crippen LogP contribution in [0.25, 0.3) is 0 Å². The molecule has 140 valence electrons. The Morgan fingerprint density at radius 1 is 1.36 bits per heavy atom. The number of hydrogen-bond donors (Lipinski definition) is 0. The van der Waals surface area contributed by atoms with Crippen molar-refractivity contribution < 1.29 is 58.1 Å². The molecule has 1 aliphatic rings. The fourth-order valence-corrected chi connectivity index (χ4v) is 3.61. The summed E-state index contributed by atoms with van der Waals surface area (Å²) in [6.45, 7) is 3.46. The molecule has 0 saturated carbocycles. The second kappa shape index (κ2) is 13.5. The summed E-state index contributed by atoms with van der Waals surface area (Å²) in [7, 11) is 0. The van der Waals surface area contributed by atoms with E-state index in [0.29, 0.717) is 26.2 Å². The van der Waals surface area contributed by atoms with Crippen LogP contribution in [0.4, 0.5) is 0 Å². The van der Waals surface area contributed by atoms with Crippen LogP contribution in [0.15, 0.2) is 10.8 Å². The molecular weight excluding hydrogens is 375 g/mol. The van der Waals surface area contributed by atoms with Crippen LogP contribution < -0.4 is 39.0 Å². The van der Waals surface area contributed by atoms with E-state index in [2.05, 4.69) is 6.92 Å². The quantitative estimate of drug-likeness (QED) is 0.289. The summed E-state index contributed by atoms with van der Waals surface area (Å²) in [5.74, 6) is 1.55. The first-order valence-corrected chi connectivity index (χ1v) is 10.3. The molecule has 0 saturated heterocycles. The topological polar surface area (TPSA) is 77.0 Å². The molecule has 0 aromatic carbocycles. The van der Waals surface area contributed by atoms with Crippen LogP contribution in [-0.2, 0) is 20.3 Å². The maximum atomic E-state index is 10.8. The van der Waals surface area contributed by atoms with Gasteiger partial charge in [0.1, 0.15) is 6.61 Å². The van der Waals surface area contributed by atoms with Gasteiger partial charge in [-0.3, -0.25) is 4.18 Å². The zero-order chi connectivity index (χ0) is 17.2. The maximum Gasteiger partial charge on any atom is 1.00 e. The average molecular weight is 402 g/mol. The summed E-state index contributed by atoms with van der Waals surface area (Å²) in [6, 6.07) is 0. The summed E-state index contributed by atoms with van der Waals surface area (Å²) >= 11 is -0.941. The summed E-state index contributed by atoms with van der Waals surface area (Å²) < 4.78 is 43.5. The first-order chi connectivity index (χ1) is 11.7. The second-order valence-electron chi connectivity index (χ2n) is 5.79. The van der Waals surface area contributed by atoms with Gasteiger partial charge in [0.25, 0.3) is 0 Å². The van der Waals surface area contributed by atoms with E-state index in [9.17, 15) is 8.76 Å². The maximum absolute atomic E-state index is 10.8. The summed E-state index contributed by atoms with van der Waals surface area (Å²) in [5.41, 5.74) is 0. The van der Waals surface area contributed by atoms with E-state index in [1.807, 2.05) is 10.8 Å². The SMILES string of the molecule is CCCCCCC(CCOCC1COc2cscc2O1)OS(=O)[O-].[H-].[Na+]. The van der Waals surface area contributed by atoms with E-state index in [-0.39, 0.29) is 43.2 Å². The molecular formula is C16H26NaO6S2-. The molecule has 0 radical (unpaired) electrons. The van der Waals surface area contributed by atoms with Crippen molar-refractivity contribution in [3.63, 3.8) is 0 Å². The third-order valence-electron chi connectivity index (χ3n) is 3.79. The zero-order valence-corrected chi connectivity index (χ0v) is 18.6. The zero-order valence-electron chi connectivity index (χ0n) is 15.9. The average Bonchev–Trinajstić information content (AvgIpc) is 3.02. The monoisotopic (exact) mass is 401 g/mol.